The van der Waals surface area contributed by atoms with E-state index in [2.05, 4.69) is 5.32 Å². The van der Waals surface area contributed by atoms with Gasteiger partial charge in [0.2, 0.25) is 15.9 Å². The molecular formula is C15H22N2O3S. The Labute approximate surface area is 126 Å². The molecule has 1 aliphatic rings. The molecule has 0 aliphatic carbocycles. The van der Waals surface area contributed by atoms with Crippen LogP contribution in [0.15, 0.2) is 30.3 Å². The van der Waals surface area contributed by atoms with Crippen LogP contribution in [0.3, 0.4) is 0 Å². The largest absolute Gasteiger partial charge is 0.354 e. The summed E-state index contributed by atoms with van der Waals surface area (Å²) in [5, 5.41) is 2.85. The average molecular weight is 310 g/mol. The van der Waals surface area contributed by atoms with Crippen LogP contribution in [0.4, 0.5) is 0 Å². The summed E-state index contributed by atoms with van der Waals surface area (Å²) >= 11 is 0. The zero-order valence-electron chi connectivity index (χ0n) is 12.3. The van der Waals surface area contributed by atoms with Crippen LogP contribution in [0.2, 0.25) is 0 Å². The Bertz CT molecular complexity index is 572. The van der Waals surface area contributed by atoms with E-state index in [-0.39, 0.29) is 17.6 Å². The van der Waals surface area contributed by atoms with Crippen molar-refractivity contribution in [3.05, 3.63) is 35.9 Å². The fourth-order valence-corrected chi connectivity index (χ4v) is 4.16. The molecule has 0 spiro atoms. The van der Waals surface area contributed by atoms with Crippen LogP contribution < -0.4 is 5.32 Å². The third kappa shape index (κ3) is 4.04. The molecule has 1 heterocycles. The maximum atomic E-state index is 12.2. The Hall–Kier alpha value is -1.40. The van der Waals surface area contributed by atoms with Crippen molar-refractivity contribution in [3.8, 4) is 0 Å². The lowest BCUT2D eigenvalue weighted by Crippen LogP contribution is -2.37. The zero-order chi connectivity index (χ0) is 15.3. The summed E-state index contributed by atoms with van der Waals surface area (Å²) in [4.78, 5) is 12.2. The second-order valence-electron chi connectivity index (χ2n) is 5.23. The fraction of sp³-hybridized carbons (Fsp3) is 0.533. The first-order valence-electron chi connectivity index (χ1n) is 7.35. The third-order valence-electron chi connectivity index (χ3n) is 3.79. The van der Waals surface area contributed by atoms with E-state index in [4.69, 9.17) is 0 Å². The SMILES string of the molecule is CCC(C(=O)NCCN1CCCS1(=O)=O)c1ccccc1. The second kappa shape index (κ2) is 7.04. The van der Waals surface area contributed by atoms with E-state index >= 15 is 0 Å². The van der Waals surface area contributed by atoms with Gasteiger partial charge in [0.15, 0.2) is 0 Å². The Kier molecular flexibility index (Phi) is 5.36. The first kappa shape index (κ1) is 16.0. The molecule has 1 amide bonds. The molecule has 1 aromatic rings. The van der Waals surface area contributed by atoms with Crippen LogP contribution in [-0.2, 0) is 14.8 Å². The van der Waals surface area contributed by atoms with Crippen molar-refractivity contribution in [2.24, 2.45) is 0 Å². The van der Waals surface area contributed by atoms with E-state index in [9.17, 15) is 13.2 Å². The predicted molar refractivity (Wildman–Crippen MR) is 82.5 cm³/mol. The number of sulfonamides is 1. The minimum atomic E-state index is -3.08. The van der Waals surface area contributed by atoms with Gasteiger partial charge >= 0.3 is 0 Å². The van der Waals surface area contributed by atoms with Gasteiger partial charge in [-0.1, -0.05) is 37.3 Å². The highest BCUT2D eigenvalue weighted by molar-refractivity contribution is 7.89. The van der Waals surface area contributed by atoms with E-state index in [1.165, 1.54) is 4.31 Å². The molecule has 1 aromatic carbocycles. The molecule has 0 bridgehead atoms. The van der Waals surface area contributed by atoms with Gasteiger partial charge in [-0.3, -0.25) is 4.79 Å². The lowest BCUT2D eigenvalue weighted by molar-refractivity contribution is -0.122. The molecule has 0 radical (unpaired) electrons. The number of carbonyl (C=O) groups excluding carboxylic acids is 1. The Morgan fingerprint density at radius 1 is 1.33 bits per heavy atom. The van der Waals surface area contributed by atoms with Gasteiger partial charge in [0.1, 0.15) is 0 Å². The van der Waals surface area contributed by atoms with Crippen molar-refractivity contribution in [1.29, 1.82) is 0 Å². The van der Waals surface area contributed by atoms with Crippen molar-refractivity contribution >= 4 is 15.9 Å². The molecule has 1 fully saturated rings. The number of nitrogens with one attached hydrogen (secondary N) is 1. The maximum absolute atomic E-state index is 12.2. The van der Waals surface area contributed by atoms with E-state index in [0.29, 0.717) is 26.1 Å². The number of benzene rings is 1. The lowest BCUT2D eigenvalue weighted by atomic mass is 9.96. The molecule has 1 unspecified atom stereocenters. The van der Waals surface area contributed by atoms with Crippen molar-refractivity contribution in [3.63, 3.8) is 0 Å². The number of rotatable bonds is 6. The molecule has 1 atom stereocenters. The van der Waals surface area contributed by atoms with Crippen LogP contribution in [0, 0.1) is 0 Å². The second-order valence-corrected chi connectivity index (χ2v) is 7.32. The number of carbonyl (C=O) groups is 1. The molecule has 116 valence electrons. The first-order valence-corrected chi connectivity index (χ1v) is 8.96. The lowest BCUT2D eigenvalue weighted by Gasteiger charge is -2.18. The molecule has 1 aliphatic heterocycles. The quantitative estimate of drug-likeness (QED) is 0.862. The molecule has 1 saturated heterocycles. The van der Waals surface area contributed by atoms with Gasteiger partial charge in [0.05, 0.1) is 11.7 Å². The van der Waals surface area contributed by atoms with Crippen LogP contribution >= 0.6 is 0 Å². The minimum absolute atomic E-state index is 0.0414. The molecule has 0 saturated carbocycles. The van der Waals surface area contributed by atoms with Crippen molar-refractivity contribution in [1.82, 2.24) is 9.62 Å². The summed E-state index contributed by atoms with van der Waals surface area (Å²) < 4.78 is 24.8. The van der Waals surface area contributed by atoms with Crippen molar-refractivity contribution in [2.45, 2.75) is 25.7 Å². The van der Waals surface area contributed by atoms with E-state index in [1.54, 1.807) is 0 Å². The van der Waals surface area contributed by atoms with Gasteiger partial charge < -0.3 is 5.32 Å². The van der Waals surface area contributed by atoms with Crippen LogP contribution in [-0.4, -0.2) is 44.0 Å². The molecule has 21 heavy (non-hydrogen) atoms. The Morgan fingerprint density at radius 3 is 2.62 bits per heavy atom. The number of amides is 1. The number of nitrogens with zero attached hydrogens (tertiary/aromatic N) is 1. The third-order valence-corrected chi connectivity index (χ3v) is 5.75. The predicted octanol–water partition coefficient (Wildman–Crippen LogP) is 1.33. The molecule has 0 aromatic heterocycles. The molecule has 2 rings (SSSR count). The van der Waals surface area contributed by atoms with Crippen LogP contribution in [0.25, 0.3) is 0 Å². The van der Waals surface area contributed by atoms with Gasteiger partial charge in [-0.05, 0) is 18.4 Å². The van der Waals surface area contributed by atoms with Gasteiger partial charge in [0.25, 0.3) is 0 Å². The van der Waals surface area contributed by atoms with Crippen molar-refractivity contribution < 1.29 is 13.2 Å². The summed E-state index contributed by atoms with van der Waals surface area (Å²) in [6, 6.07) is 9.65. The molecule has 1 N–H and O–H groups in total. The van der Waals surface area contributed by atoms with Crippen LogP contribution in [0.5, 0.6) is 0 Å². The van der Waals surface area contributed by atoms with E-state index in [0.717, 1.165) is 12.0 Å². The highest BCUT2D eigenvalue weighted by atomic mass is 32.2. The molecule has 6 heteroatoms. The standard InChI is InChI=1S/C15H22N2O3S/c1-2-14(13-7-4-3-5-8-13)15(18)16-9-11-17-10-6-12-21(17,19)20/h3-5,7-8,14H,2,6,9-12H2,1H3,(H,16,18). The first-order chi connectivity index (χ1) is 10.0. The Morgan fingerprint density at radius 2 is 2.05 bits per heavy atom. The van der Waals surface area contributed by atoms with E-state index in [1.807, 2.05) is 37.3 Å². The molecular weight excluding hydrogens is 288 g/mol. The summed E-state index contributed by atoms with van der Waals surface area (Å²) in [6.07, 6.45) is 1.40. The normalized spacial score (nSPS) is 19.3. The average Bonchev–Trinajstić information content (AvgIpc) is 2.80. The van der Waals surface area contributed by atoms with E-state index < -0.39 is 10.0 Å². The highest BCUT2D eigenvalue weighted by Crippen LogP contribution is 2.19. The Balaban J connectivity index is 1.86. The van der Waals surface area contributed by atoms with Gasteiger partial charge in [-0.25, -0.2) is 12.7 Å². The fourth-order valence-electron chi connectivity index (χ4n) is 2.63. The smallest absolute Gasteiger partial charge is 0.227 e. The van der Waals surface area contributed by atoms with Crippen molar-refractivity contribution in [2.75, 3.05) is 25.4 Å². The maximum Gasteiger partial charge on any atom is 0.227 e. The summed E-state index contributed by atoms with van der Waals surface area (Å²) in [5.41, 5.74) is 0.992. The number of hydrogen-bond donors (Lipinski definition) is 1. The van der Waals surface area contributed by atoms with Crippen LogP contribution in [0.1, 0.15) is 31.2 Å². The van der Waals surface area contributed by atoms with Gasteiger partial charge in [-0.15, -0.1) is 0 Å². The zero-order valence-corrected chi connectivity index (χ0v) is 13.1. The monoisotopic (exact) mass is 310 g/mol. The topological polar surface area (TPSA) is 66.5 Å². The van der Waals surface area contributed by atoms with Gasteiger partial charge in [-0.2, -0.15) is 0 Å². The molecule has 5 nitrogen and oxygen atoms in total. The summed E-state index contributed by atoms with van der Waals surface area (Å²) in [6.45, 7) is 3.26. The highest BCUT2D eigenvalue weighted by Gasteiger charge is 2.27. The summed E-state index contributed by atoms with van der Waals surface area (Å²) in [7, 11) is -3.08. The van der Waals surface area contributed by atoms with Gasteiger partial charge in [0, 0.05) is 19.6 Å². The minimum Gasteiger partial charge on any atom is -0.354 e. The number of hydrogen-bond acceptors (Lipinski definition) is 3. The summed E-state index contributed by atoms with van der Waals surface area (Å²) in [5.74, 6) is 0.00408.